The second-order valence-electron chi connectivity index (χ2n) is 5.84. The topological polar surface area (TPSA) is 123 Å². The minimum atomic E-state index is -1.40. The van der Waals surface area contributed by atoms with E-state index in [0.717, 1.165) is 0 Å². The molecule has 150 valence electrons. The first-order valence-corrected chi connectivity index (χ1v) is 8.44. The summed E-state index contributed by atoms with van der Waals surface area (Å²) in [7, 11) is 2.38. The number of para-hydroxylation sites is 1. The first kappa shape index (κ1) is 21.4. The Morgan fingerprint density at radius 2 is 1.45 bits per heavy atom. The lowest BCUT2D eigenvalue weighted by molar-refractivity contribution is -0.126. The summed E-state index contributed by atoms with van der Waals surface area (Å²) in [5, 5.41) is 10.2. The van der Waals surface area contributed by atoms with Gasteiger partial charge in [-0.25, -0.2) is 9.59 Å². The van der Waals surface area contributed by atoms with E-state index >= 15 is 0 Å². The number of esters is 2. The summed E-state index contributed by atoms with van der Waals surface area (Å²) in [5.41, 5.74) is 0.654. The average Bonchev–Trinajstić information content (AvgIpc) is 2.72. The van der Waals surface area contributed by atoms with Gasteiger partial charge < -0.3 is 14.8 Å². The van der Waals surface area contributed by atoms with Crippen LogP contribution >= 0.6 is 0 Å². The maximum absolute atomic E-state index is 12.4. The smallest absolute Gasteiger partial charge is 0.337 e. The van der Waals surface area contributed by atoms with Crippen LogP contribution in [0.3, 0.4) is 0 Å². The number of ether oxygens (including phenoxy) is 2. The van der Waals surface area contributed by atoms with Crippen LogP contribution in [0, 0.1) is 0 Å². The molecule has 1 unspecified atom stereocenters. The molecule has 0 aliphatic carbocycles. The van der Waals surface area contributed by atoms with Crippen molar-refractivity contribution < 1.29 is 28.7 Å². The zero-order valence-corrected chi connectivity index (χ0v) is 16.0. The van der Waals surface area contributed by atoms with Crippen molar-refractivity contribution in [3.8, 4) is 0 Å². The van der Waals surface area contributed by atoms with Crippen molar-refractivity contribution in [1.29, 1.82) is 0 Å². The van der Waals surface area contributed by atoms with Crippen LogP contribution in [0.5, 0.6) is 0 Å². The number of ketones is 1. The van der Waals surface area contributed by atoms with E-state index < -0.39 is 29.7 Å². The summed E-state index contributed by atoms with van der Waals surface area (Å²) in [4.78, 5) is 47.9. The zero-order valence-electron chi connectivity index (χ0n) is 16.0. The average molecular weight is 397 g/mol. The molecule has 0 saturated carbocycles. The van der Waals surface area contributed by atoms with Gasteiger partial charge in [-0.1, -0.05) is 18.2 Å². The number of rotatable bonds is 7. The highest BCUT2D eigenvalue weighted by atomic mass is 16.5. The minimum Gasteiger partial charge on any atom is -0.465 e. The summed E-state index contributed by atoms with van der Waals surface area (Å²) in [6.07, 6.45) is 0. The lowest BCUT2D eigenvalue weighted by Crippen LogP contribution is -2.31. The quantitative estimate of drug-likeness (QED) is 0.435. The van der Waals surface area contributed by atoms with Crippen molar-refractivity contribution >= 4 is 35.0 Å². The Morgan fingerprint density at radius 3 is 1.93 bits per heavy atom. The molecular weight excluding hydrogens is 378 g/mol. The van der Waals surface area contributed by atoms with Gasteiger partial charge in [-0.2, -0.15) is 10.2 Å². The fourth-order valence-electron chi connectivity index (χ4n) is 2.32. The number of nitrogens with one attached hydrogen (secondary N) is 1. The number of hydrogen-bond acceptors (Lipinski definition) is 8. The van der Waals surface area contributed by atoms with Crippen LogP contribution < -0.4 is 5.32 Å². The van der Waals surface area contributed by atoms with Gasteiger partial charge in [0.2, 0.25) is 6.04 Å². The van der Waals surface area contributed by atoms with Crippen LogP contribution in [0.4, 0.5) is 11.4 Å². The number of benzene rings is 2. The highest BCUT2D eigenvalue weighted by molar-refractivity contribution is 6.10. The Morgan fingerprint density at radius 1 is 0.897 bits per heavy atom. The van der Waals surface area contributed by atoms with Gasteiger partial charge in [-0.15, -0.1) is 0 Å². The van der Waals surface area contributed by atoms with Gasteiger partial charge in [0.25, 0.3) is 5.91 Å². The SMILES string of the molecule is COC(=O)c1cc(N=NC(C(C)=O)C(=O)Nc2ccccc2)cc(C(=O)OC)c1. The Hall–Kier alpha value is -3.88. The molecule has 2 aromatic rings. The van der Waals surface area contributed by atoms with Crippen molar-refractivity contribution in [1.82, 2.24) is 0 Å². The molecule has 1 amide bonds. The Kier molecular flexibility index (Phi) is 7.30. The number of nitrogens with zero attached hydrogens (tertiary/aromatic N) is 2. The van der Waals surface area contributed by atoms with Gasteiger partial charge in [-0.05, 0) is 37.3 Å². The van der Waals surface area contributed by atoms with Crippen molar-refractivity contribution in [2.24, 2.45) is 10.2 Å². The van der Waals surface area contributed by atoms with Crippen LogP contribution in [0.2, 0.25) is 0 Å². The van der Waals surface area contributed by atoms with Gasteiger partial charge in [0.15, 0.2) is 5.78 Å². The van der Waals surface area contributed by atoms with E-state index in [4.69, 9.17) is 0 Å². The molecule has 0 aliphatic heterocycles. The standard InChI is InChI=1S/C20H19N3O6/c1-12(24)17(18(25)21-15-7-5-4-6-8-15)23-22-16-10-13(19(26)28-2)9-14(11-16)20(27)29-3/h4-11,17H,1-3H3,(H,21,25). The molecule has 0 radical (unpaired) electrons. The number of azo groups is 1. The van der Waals surface area contributed by atoms with Crippen LogP contribution in [-0.2, 0) is 19.1 Å². The Labute approximate surface area is 166 Å². The van der Waals surface area contributed by atoms with E-state index in [1.54, 1.807) is 30.3 Å². The highest BCUT2D eigenvalue weighted by Gasteiger charge is 2.23. The number of carbonyl (C=O) groups excluding carboxylic acids is 4. The number of anilines is 1. The molecule has 2 rings (SSSR count). The maximum atomic E-state index is 12.4. The Bertz CT molecular complexity index is 922. The number of Topliss-reactive ketones (excluding diaryl/α,β-unsaturated/α-hetero) is 1. The van der Waals surface area contributed by atoms with Gasteiger partial charge in [0.1, 0.15) is 0 Å². The molecule has 9 nitrogen and oxygen atoms in total. The molecule has 0 heterocycles. The molecular formula is C20H19N3O6. The molecule has 29 heavy (non-hydrogen) atoms. The summed E-state index contributed by atoms with van der Waals surface area (Å²) in [6.45, 7) is 1.21. The summed E-state index contributed by atoms with van der Waals surface area (Å²) in [6, 6.07) is 11.1. The Balaban J connectivity index is 2.32. The molecule has 0 fully saturated rings. The van der Waals surface area contributed by atoms with Gasteiger partial charge >= 0.3 is 11.9 Å². The zero-order chi connectivity index (χ0) is 21.4. The number of carbonyl (C=O) groups is 4. The van der Waals surface area contributed by atoms with Gasteiger partial charge in [-0.3, -0.25) is 9.59 Å². The summed E-state index contributed by atoms with van der Waals surface area (Å²) in [5.74, 6) is -2.58. The van der Waals surface area contributed by atoms with Crippen molar-refractivity contribution in [2.45, 2.75) is 13.0 Å². The fraction of sp³-hybridized carbons (Fsp3) is 0.200. The lowest BCUT2D eigenvalue weighted by atomic mass is 10.1. The van der Waals surface area contributed by atoms with Crippen molar-refractivity contribution in [2.75, 3.05) is 19.5 Å². The van der Waals surface area contributed by atoms with Gasteiger partial charge in [0.05, 0.1) is 31.0 Å². The molecule has 2 aromatic carbocycles. The summed E-state index contributed by atoms with van der Waals surface area (Å²) >= 11 is 0. The van der Waals surface area contributed by atoms with E-state index in [9.17, 15) is 19.2 Å². The first-order chi connectivity index (χ1) is 13.8. The largest absolute Gasteiger partial charge is 0.465 e. The molecule has 0 spiro atoms. The molecule has 0 aliphatic rings. The van der Waals surface area contributed by atoms with Crippen LogP contribution in [0.1, 0.15) is 27.6 Å². The molecule has 1 N–H and O–H groups in total. The molecule has 9 heteroatoms. The van der Waals surface area contributed by atoms with Crippen LogP contribution in [0.15, 0.2) is 58.8 Å². The third-order valence-corrected chi connectivity index (χ3v) is 3.72. The number of hydrogen-bond donors (Lipinski definition) is 1. The highest BCUT2D eigenvalue weighted by Crippen LogP contribution is 2.21. The molecule has 0 bridgehead atoms. The number of amides is 1. The maximum Gasteiger partial charge on any atom is 0.337 e. The predicted octanol–water partition coefficient (Wildman–Crippen LogP) is 2.94. The monoisotopic (exact) mass is 397 g/mol. The normalized spacial score (nSPS) is 11.6. The third kappa shape index (κ3) is 5.80. The molecule has 1 atom stereocenters. The second kappa shape index (κ2) is 9.88. The van der Waals surface area contributed by atoms with Crippen LogP contribution in [0.25, 0.3) is 0 Å². The lowest BCUT2D eigenvalue weighted by Gasteiger charge is -2.09. The van der Waals surface area contributed by atoms with Crippen molar-refractivity contribution in [3.05, 3.63) is 59.7 Å². The number of methoxy groups -OCH3 is 2. The van der Waals surface area contributed by atoms with E-state index in [1.807, 2.05) is 0 Å². The molecule has 0 aromatic heterocycles. The molecule has 0 saturated heterocycles. The van der Waals surface area contributed by atoms with Gasteiger partial charge in [0, 0.05) is 5.69 Å². The van der Waals surface area contributed by atoms with E-state index in [2.05, 4.69) is 25.0 Å². The first-order valence-electron chi connectivity index (χ1n) is 8.44. The third-order valence-electron chi connectivity index (χ3n) is 3.72. The van der Waals surface area contributed by atoms with E-state index in [-0.39, 0.29) is 16.8 Å². The minimum absolute atomic E-state index is 0.0393. The van der Waals surface area contributed by atoms with E-state index in [1.165, 1.54) is 39.3 Å². The fourth-order valence-corrected chi connectivity index (χ4v) is 2.32. The van der Waals surface area contributed by atoms with Crippen molar-refractivity contribution in [3.63, 3.8) is 0 Å². The second-order valence-corrected chi connectivity index (χ2v) is 5.84. The van der Waals surface area contributed by atoms with Crippen LogP contribution in [-0.4, -0.2) is 43.9 Å². The predicted molar refractivity (Wildman–Crippen MR) is 103 cm³/mol. The van der Waals surface area contributed by atoms with E-state index in [0.29, 0.717) is 5.69 Å². The summed E-state index contributed by atoms with van der Waals surface area (Å²) < 4.78 is 9.29.